The average Bonchev–Trinajstić information content (AvgIpc) is 3.13. The standard InChI is InChI=1S/C18H28N4O2.HI/c19-18(22-13-16-7-4-10-23-16)21-12-14-8-9-20-17(11-14)24-15-5-2-1-3-6-15;/h8-9,11,15-16H,1-7,10,12-13H2,(H3,19,21,22);1H. The molecular formula is C18H29IN4O2. The Labute approximate surface area is 167 Å². The lowest BCUT2D eigenvalue weighted by Gasteiger charge is -2.22. The smallest absolute Gasteiger partial charge is 0.213 e. The lowest BCUT2D eigenvalue weighted by Crippen LogP contribution is -2.37. The second kappa shape index (κ2) is 10.8. The molecule has 2 fully saturated rings. The molecule has 1 aromatic heterocycles. The number of pyridine rings is 1. The van der Waals surface area contributed by atoms with Crippen LogP contribution in [0.15, 0.2) is 23.3 Å². The third-order valence-electron chi connectivity index (χ3n) is 4.61. The van der Waals surface area contributed by atoms with Crippen molar-refractivity contribution in [3.8, 4) is 5.88 Å². The zero-order valence-electron chi connectivity index (χ0n) is 14.7. The second-order valence-electron chi connectivity index (χ2n) is 6.60. The molecule has 1 unspecified atom stereocenters. The van der Waals surface area contributed by atoms with E-state index in [4.69, 9.17) is 15.2 Å². The quantitative estimate of drug-likeness (QED) is 0.388. The average molecular weight is 460 g/mol. The summed E-state index contributed by atoms with van der Waals surface area (Å²) in [6, 6.07) is 3.91. The molecule has 1 saturated heterocycles. The van der Waals surface area contributed by atoms with Crippen molar-refractivity contribution in [3.05, 3.63) is 23.9 Å². The topological polar surface area (TPSA) is 81.8 Å². The summed E-state index contributed by atoms with van der Waals surface area (Å²) < 4.78 is 11.6. The predicted octanol–water partition coefficient (Wildman–Crippen LogP) is 2.99. The molecule has 3 N–H and O–H groups in total. The molecule has 3 rings (SSSR count). The Kier molecular flexibility index (Phi) is 8.74. The minimum atomic E-state index is 0. The maximum absolute atomic E-state index is 5.99. The van der Waals surface area contributed by atoms with E-state index in [0.717, 1.165) is 44.4 Å². The Bertz CT molecular complexity index is 544. The van der Waals surface area contributed by atoms with Gasteiger partial charge in [-0.25, -0.2) is 9.98 Å². The van der Waals surface area contributed by atoms with Crippen LogP contribution in [0.3, 0.4) is 0 Å². The summed E-state index contributed by atoms with van der Waals surface area (Å²) in [5.41, 5.74) is 6.98. The summed E-state index contributed by atoms with van der Waals surface area (Å²) in [6.45, 7) is 2.10. The number of aromatic nitrogens is 1. The fraction of sp³-hybridized carbons (Fsp3) is 0.667. The summed E-state index contributed by atoms with van der Waals surface area (Å²) in [5.74, 6) is 1.15. The summed E-state index contributed by atoms with van der Waals surface area (Å²) in [4.78, 5) is 8.70. The van der Waals surface area contributed by atoms with E-state index in [9.17, 15) is 0 Å². The number of aliphatic imine (C=N–C) groups is 1. The number of ether oxygens (including phenoxy) is 2. The molecule has 7 heteroatoms. The van der Waals surface area contributed by atoms with Crippen molar-refractivity contribution in [1.82, 2.24) is 10.3 Å². The summed E-state index contributed by atoms with van der Waals surface area (Å²) in [6.07, 6.45) is 10.6. The first-order chi connectivity index (χ1) is 11.8. The maximum atomic E-state index is 5.99. The Morgan fingerprint density at radius 2 is 2.12 bits per heavy atom. The molecule has 25 heavy (non-hydrogen) atoms. The summed E-state index contributed by atoms with van der Waals surface area (Å²) in [7, 11) is 0. The van der Waals surface area contributed by atoms with Gasteiger partial charge in [0.15, 0.2) is 5.96 Å². The van der Waals surface area contributed by atoms with Gasteiger partial charge in [-0.15, -0.1) is 24.0 Å². The molecule has 1 aliphatic heterocycles. The minimum absolute atomic E-state index is 0. The van der Waals surface area contributed by atoms with Crippen molar-refractivity contribution in [1.29, 1.82) is 0 Å². The molecule has 0 bridgehead atoms. The van der Waals surface area contributed by atoms with Gasteiger partial charge in [-0.05, 0) is 50.2 Å². The van der Waals surface area contributed by atoms with E-state index in [2.05, 4.69) is 15.3 Å². The molecule has 0 aromatic carbocycles. The number of halogens is 1. The van der Waals surface area contributed by atoms with Crippen LogP contribution in [0.25, 0.3) is 0 Å². The van der Waals surface area contributed by atoms with Gasteiger partial charge in [-0.1, -0.05) is 6.42 Å². The molecule has 0 spiro atoms. The number of guanidine groups is 1. The van der Waals surface area contributed by atoms with E-state index in [-0.39, 0.29) is 30.1 Å². The highest BCUT2D eigenvalue weighted by molar-refractivity contribution is 14.0. The van der Waals surface area contributed by atoms with E-state index in [1.807, 2.05) is 12.1 Å². The van der Waals surface area contributed by atoms with Gasteiger partial charge in [0.1, 0.15) is 6.10 Å². The zero-order chi connectivity index (χ0) is 16.6. The van der Waals surface area contributed by atoms with Gasteiger partial charge in [0.2, 0.25) is 5.88 Å². The molecule has 1 atom stereocenters. The Balaban J connectivity index is 0.00000225. The molecule has 140 valence electrons. The van der Waals surface area contributed by atoms with Gasteiger partial charge >= 0.3 is 0 Å². The molecule has 2 heterocycles. The maximum Gasteiger partial charge on any atom is 0.213 e. The fourth-order valence-electron chi connectivity index (χ4n) is 3.22. The molecule has 1 aromatic rings. The van der Waals surface area contributed by atoms with Crippen molar-refractivity contribution in [2.24, 2.45) is 10.7 Å². The number of nitrogens with one attached hydrogen (secondary N) is 1. The Hall–Kier alpha value is -1.09. The van der Waals surface area contributed by atoms with Gasteiger partial charge in [-0.3, -0.25) is 0 Å². The van der Waals surface area contributed by atoms with Gasteiger partial charge in [0, 0.05) is 25.4 Å². The van der Waals surface area contributed by atoms with Crippen LogP contribution in [0.5, 0.6) is 5.88 Å². The van der Waals surface area contributed by atoms with Crippen molar-refractivity contribution < 1.29 is 9.47 Å². The highest BCUT2D eigenvalue weighted by Crippen LogP contribution is 2.22. The van der Waals surface area contributed by atoms with E-state index >= 15 is 0 Å². The van der Waals surface area contributed by atoms with Crippen LogP contribution in [0.1, 0.15) is 50.5 Å². The predicted molar refractivity (Wildman–Crippen MR) is 109 cm³/mol. The lowest BCUT2D eigenvalue weighted by molar-refractivity contribution is 0.114. The number of hydrogen-bond donors (Lipinski definition) is 2. The molecular weight excluding hydrogens is 431 g/mol. The number of hydrogen-bond acceptors (Lipinski definition) is 4. The number of nitrogens with two attached hydrogens (primary N) is 1. The lowest BCUT2D eigenvalue weighted by atomic mass is 9.98. The largest absolute Gasteiger partial charge is 0.474 e. The zero-order valence-corrected chi connectivity index (χ0v) is 17.0. The fourth-order valence-corrected chi connectivity index (χ4v) is 3.22. The van der Waals surface area contributed by atoms with Crippen LogP contribution in [0, 0.1) is 0 Å². The second-order valence-corrected chi connectivity index (χ2v) is 6.60. The molecule has 6 nitrogen and oxygen atoms in total. The van der Waals surface area contributed by atoms with Crippen molar-refractivity contribution in [3.63, 3.8) is 0 Å². The van der Waals surface area contributed by atoms with E-state index in [1.165, 1.54) is 19.3 Å². The number of rotatable bonds is 6. The Morgan fingerprint density at radius 1 is 1.28 bits per heavy atom. The number of nitrogens with zero attached hydrogens (tertiary/aromatic N) is 2. The molecule has 0 radical (unpaired) electrons. The minimum Gasteiger partial charge on any atom is -0.474 e. The van der Waals surface area contributed by atoms with E-state index < -0.39 is 0 Å². The van der Waals surface area contributed by atoms with Crippen molar-refractivity contribution >= 4 is 29.9 Å². The van der Waals surface area contributed by atoms with Gasteiger partial charge in [0.05, 0.1) is 12.6 Å². The molecule has 1 aliphatic carbocycles. The van der Waals surface area contributed by atoms with E-state index in [1.54, 1.807) is 6.20 Å². The first-order valence-electron chi connectivity index (χ1n) is 9.06. The van der Waals surface area contributed by atoms with Crippen LogP contribution >= 0.6 is 24.0 Å². The third kappa shape index (κ3) is 6.97. The first kappa shape index (κ1) is 20.2. The normalized spacial score (nSPS) is 21.6. The Morgan fingerprint density at radius 3 is 2.88 bits per heavy atom. The van der Waals surface area contributed by atoms with Crippen LogP contribution in [-0.2, 0) is 11.3 Å². The van der Waals surface area contributed by atoms with Crippen LogP contribution in [-0.4, -0.2) is 36.3 Å². The van der Waals surface area contributed by atoms with Crippen molar-refractivity contribution in [2.45, 2.75) is 63.7 Å². The highest BCUT2D eigenvalue weighted by Gasteiger charge is 2.16. The van der Waals surface area contributed by atoms with E-state index in [0.29, 0.717) is 24.5 Å². The van der Waals surface area contributed by atoms with Gasteiger partial charge in [-0.2, -0.15) is 0 Å². The first-order valence-corrected chi connectivity index (χ1v) is 9.06. The summed E-state index contributed by atoms with van der Waals surface area (Å²) >= 11 is 0. The van der Waals surface area contributed by atoms with Crippen LogP contribution in [0.4, 0.5) is 0 Å². The summed E-state index contributed by atoms with van der Waals surface area (Å²) in [5, 5.41) is 3.13. The monoisotopic (exact) mass is 460 g/mol. The van der Waals surface area contributed by atoms with Crippen LogP contribution < -0.4 is 15.8 Å². The van der Waals surface area contributed by atoms with Gasteiger partial charge in [0.25, 0.3) is 0 Å². The van der Waals surface area contributed by atoms with Crippen LogP contribution in [0.2, 0.25) is 0 Å². The molecule has 1 saturated carbocycles. The SMILES string of the molecule is I.NC(=NCc1ccnc(OC2CCCCC2)c1)NCC1CCCO1. The van der Waals surface area contributed by atoms with Crippen molar-refractivity contribution in [2.75, 3.05) is 13.2 Å². The van der Waals surface area contributed by atoms with Gasteiger partial charge < -0.3 is 20.5 Å². The highest BCUT2D eigenvalue weighted by atomic mass is 127. The molecule has 2 aliphatic rings. The molecule has 0 amide bonds. The third-order valence-corrected chi connectivity index (χ3v) is 4.61.